The first-order valence-electron chi connectivity index (χ1n) is 12.7. The van der Waals surface area contributed by atoms with Gasteiger partial charge in [-0.2, -0.15) is 0 Å². The summed E-state index contributed by atoms with van der Waals surface area (Å²) in [7, 11) is 3.09. The van der Waals surface area contributed by atoms with Crippen LogP contribution in [0.2, 0.25) is 0 Å². The number of esters is 1. The Morgan fingerprint density at radius 3 is 2.33 bits per heavy atom. The van der Waals surface area contributed by atoms with Crippen LogP contribution >= 0.6 is 27.3 Å². The molecule has 0 saturated carbocycles. The largest absolute Gasteiger partial charge is 0.493 e. The van der Waals surface area contributed by atoms with Crippen molar-refractivity contribution in [2.45, 2.75) is 33.7 Å². The van der Waals surface area contributed by atoms with Gasteiger partial charge in [-0.05, 0) is 69.2 Å². The molecular weight excluding hydrogens is 582 g/mol. The summed E-state index contributed by atoms with van der Waals surface area (Å²) in [6.45, 7) is 9.79. The van der Waals surface area contributed by atoms with Crippen molar-refractivity contribution in [3.8, 4) is 11.5 Å². The van der Waals surface area contributed by atoms with E-state index in [1.807, 2.05) is 18.2 Å². The molecule has 1 aromatic heterocycles. The minimum atomic E-state index is -0.776. The lowest BCUT2D eigenvalue weighted by molar-refractivity contribution is -0.139. The zero-order valence-corrected chi connectivity index (χ0v) is 25.3. The molecule has 0 saturated heterocycles. The summed E-state index contributed by atoms with van der Waals surface area (Å²) >= 11 is 4.91. The SMILES string of the molecule is CCOC(=O)C1=C(C)N=c2s/c(=C\c3ccc(N(CC)CC)cc3)c(=O)n2[C@H]1c1cc(OC)c(OC)cc1Br. The van der Waals surface area contributed by atoms with Crippen LogP contribution in [0.25, 0.3) is 6.08 Å². The number of rotatable bonds is 9. The molecule has 10 heteroatoms. The third kappa shape index (κ3) is 5.53. The molecule has 0 amide bonds. The molecule has 0 unspecified atom stereocenters. The van der Waals surface area contributed by atoms with E-state index in [1.165, 1.54) is 11.3 Å². The van der Waals surface area contributed by atoms with E-state index in [2.05, 4.69) is 51.8 Å². The lowest BCUT2D eigenvalue weighted by Crippen LogP contribution is -2.40. The van der Waals surface area contributed by atoms with Crippen LogP contribution in [0.1, 0.15) is 44.9 Å². The van der Waals surface area contributed by atoms with E-state index in [1.54, 1.807) is 44.8 Å². The highest BCUT2D eigenvalue weighted by atomic mass is 79.9. The van der Waals surface area contributed by atoms with Crippen LogP contribution in [0.15, 0.2) is 61.9 Å². The molecule has 0 radical (unpaired) electrons. The Balaban J connectivity index is 1.92. The molecule has 3 aromatic rings. The van der Waals surface area contributed by atoms with Gasteiger partial charge in [-0.3, -0.25) is 9.36 Å². The quantitative estimate of drug-likeness (QED) is 0.332. The van der Waals surface area contributed by atoms with Crippen LogP contribution in [0.5, 0.6) is 11.5 Å². The van der Waals surface area contributed by atoms with E-state index < -0.39 is 12.0 Å². The van der Waals surface area contributed by atoms with E-state index in [9.17, 15) is 9.59 Å². The van der Waals surface area contributed by atoms with Gasteiger partial charge in [0.25, 0.3) is 5.56 Å². The number of methoxy groups -OCH3 is 2. The third-order valence-corrected chi connectivity index (χ3v) is 8.30. The van der Waals surface area contributed by atoms with Gasteiger partial charge in [-0.15, -0.1) is 0 Å². The van der Waals surface area contributed by atoms with Gasteiger partial charge < -0.3 is 19.1 Å². The summed E-state index contributed by atoms with van der Waals surface area (Å²) < 4.78 is 19.1. The fourth-order valence-corrected chi connectivity index (χ4v) is 6.27. The van der Waals surface area contributed by atoms with Crippen molar-refractivity contribution in [2.75, 3.05) is 38.8 Å². The van der Waals surface area contributed by atoms with E-state index >= 15 is 0 Å². The summed E-state index contributed by atoms with van der Waals surface area (Å²) in [4.78, 5) is 34.5. The van der Waals surface area contributed by atoms with Crippen LogP contribution in [0.4, 0.5) is 5.69 Å². The molecule has 39 heavy (non-hydrogen) atoms. The summed E-state index contributed by atoms with van der Waals surface area (Å²) in [5.74, 6) is 0.475. The zero-order valence-electron chi connectivity index (χ0n) is 22.9. The maximum atomic E-state index is 13.9. The van der Waals surface area contributed by atoms with Crippen molar-refractivity contribution in [2.24, 2.45) is 4.99 Å². The van der Waals surface area contributed by atoms with Gasteiger partial charge in [0.2, 0.25) is 0 Å². The first kappa shape index (κ1) is 28.6. The standard InChI is InChI=1S/C29H32BrN3O5S/c1-7-32(8-2)19-12-10-18(11-13-19)14-24-27(34)33-26(20-15-22(36-5)23(37-6)16-21(20)30)25(28(35)38-9-3)17(4)31-29(33)39-24/h10-16,26H,7-9H2,1-6H3/b24-14-/t26-/m0/s1. The summed E-state index contributed by atoms with van der Waals surface area (Å²) in [6.07, 6.45) is 1.86. The highest BCUT2D eigenvalue weighted by Crippen LogP contribution is 2.40. The number of hydrogen-bond donors (Lipinski definition) is 0. The molecule has 2 heterocycles. The molecule has 2 aromatic carbocycles. The molecule has 1 atom stereocenters. The number of ether oxygens (including phenoxy) is 3. The topological polar surface area (TPSA) is 82.4 Å². The summed E-state index contributed by atoms with van der Waals surface area (Å²) in [6, 6.07) is 10.9. The summed E-state index contributed by atoms with van der Waals surface area (Å²) in [5.41, 5.74) is 3.24. The minimum absolute atomic E-state index is 0.198. The first-order chi connectivity index (χ1) is 18.8. The average molecular weight is 615 g/mol. The number of halogens is 1. The Labute approximate surface area is 240 Å². The van der Waals surface area contributed by atoms with Gasteiger partial charge in [-0.1, -0.05) is 39.4 Å². The molecule has 8 nitrogen and oxygen atoms in total. The molecule has 206 valence electrons. The van der Waals surface area contributed by atoms with Crippen LogP contribution in [0, 0.1) is 0 Å². The molecule has 1 aliphatic heterocycles. The summed E-state index contributed by atoms with van der Waals surface area (Å²) in [5, 5.41) is 0. The van der Waals surface area contributed by atoms with E-state index in [-0.39, 0.29) is 12.2 Å². The molecule has 0 fully saturated rings. The molecule has 4 rings (SSSR count). The van der Waals surface area contributed by atoms with E-state index in [0.29, 0.717) is 42.1 Å². The average Bonchev–Trinajstić information content (AvgIpc) is 3.23. The van der Waals surface area contributed by atoms with Gasteiger partial charge in [0.1, 0.15) is 0 Å². The van der Waals surface area contributed by atoms with Crippen molar-refractivity contribution >= 4 is 45.0 Å². The van der Waals surface area contributed by atoms with Crippen LogP contribution < -0.4 is 29.3 Å². The van der Waals surface area contributed by atoms with E-state index in [4.69, 9.17) is 14.2 Å². The number of fused-ring (bicyclic) bond motifs is 1. The maximum absolute atomic E-state index is 13.9. The first-order valence-corrected chi connectivity index (χ1v) is 14.3. The van der Waals surface area contributed by atoms with E-state index in [0.717, 1.165) is 24.3 Å². The van der Waals surface area contributed by atoms with Crippen molar-refractivity contribution < 1.29 is 19.0 Å². The predicted octanol–water partition coefficient (Wildman–Crippen LogP) is 4.42. The van der Waals surface area contributed by atoms with Crippen molar-refractivity contribution in [1.82, 2.24) is 4.57 Å². The fraction of sp³-hybridized carbons (Fsp3) is 0.345. The Kier molecular flexibility index (Phi) is 8.97. The van der Waals surface area contributed by atoms with Gasteiger partial charge in [-0.25, -0.2) is 9.79 Å². The minimum Gasteiger partial charge on any atom is -0.493 e. The van der Waals surface area contributed by atoms with Crippen molar-refractivity contribution in [3.05, 3.63) is 83.0 Å². The normalized spacial score (nSPS) is 15.1. The second-order valence-corrected chi connectivity index (χ2v) is 10.7. The van der Waals surface area contributed by atoms with Crippen molar-refractivity contribution in [3.63, 3.8) is 0 Å². The number of aromatic nitrogens is 1. The second kappa shape index (κ2) is 12.2. The number of thiazole rings is 1. The van der Waals surface area contributed by atoms with Crippen LogP contribution in [0.3, 0.4) is 0 Å². The van der Waals surface area contributed by atoms with Gasteiger partial charge in [0, 0.05) is 23.2 Å². The maximum Gasteiger partial charge on any atom is 0.338 e. The number of carbonyl (C=O) groups is 1. The highest BCUT2D eigenvalue weighted by Gasteiger charge is 2.35. The lowest BCUT2D eigenvalue weighted by atomic mass is 9.95. The molecular formula is C29H32BrN3O5S. The molecule has 1 aliphatic rings. The second-order valence-electron chi connectivity index (χ2n) is 8.79. The Morgan fingerprint density at radius 2 is 1.74 bits per heavy atom. The fourth-order valence-electron chi connectivity index (χ4n) is 4.69. The van der Waals surface area contributed by atoms with Crippen LogP contribution in [-0.2, 0) is 9.53 Å². The lowest BCUT2D eigenvalue weighted by Gasteiger charge is -2.26. The number of allylic oxidation sites excluding steroid dienone is 1. The smallest absolute Gasteiger partial charge is 0.338 e. The number of carbonyl (C=O) groups excluding carboxylic acids is 1. The van der Waals surface area contributed by atoms with Gasteiger partial charge in [0.05, 0.1) is 42.7 Å². The molecule has 0 N–H and O–H groups in total. The third-order valence-electron chi connectivity index (χ3n) is 6.63. The van der Waals surface area contributed by atoms with Gasteiger partial charge in [0.15, 0.2) is 16.3 Å². The number of benzene rings is 2. The molecule has 0 aliphatic carbocycles. The Hall–Kier alpha value is -3.37. The molecule has 0 bridgehead atoms. The monoisotopic (exact) mass is 613 g/mol. The molecule has 0 spiro atoms. The predicted molar refractivity (Wildman–Crippen MR) is 158 cm³/mol. The van der Waals surface area contributed by atoms with Crippen molar-refractivity contribution in [1.29, 1.82) is 0 Å². The zero-order chi connectivity index (χ0) is 28.3. The van der Waals surface area contributed by atoms with Crippen LogP contribution in [-0.4, -0.2) is 44.5 Å². The van der Waals surface area contributed by atoms with Gasteiger partial charge >= 0.3 is 5.97 Å². The number of anilines is 1. The Morgan fingerprint density at radius 1 is 1.10 bits per heavy atom. The highest BCUT2D eigenvalue weighted by molar-refractivity contribution is 9.10. The number of hydrogen-bond acceptors (Lipinski definition) is 8. The number of nitrogens with zero attached hydrogens (tertiary/aromatic N) is 3. The Bertz CT molecular complexity index is 1590.